The topological polar surface area (TPSA) is 74.3 Å². The molecule has 92 valence electrons. The fourth-order valence-corrected chi connectivity index (χ4v) is 2.20. The normalized spacial score (nSPS) is 15.5. The molecule has 0 radical (unpaired) electrons. The van der Waals surface area contributed by atoms with E-state index in [0.29, 0.717) is 19.6 Å². The number of hydrogen-bond donors (Lipinski definition) is 2. The zero-order valence-electron chi connectivity index (χ0n) is 9.31. The van der Waals surface area contributed by atoms with Gasteiger partial charge in [-0.05, 0) is 0 Å². The third-order valence-electron chi connectivity index (χ3n) is 2.42. The zero-order chi connectivity index (χ0) is 12.1. The summed E-state index contributed by atoms with van der Waals surface area (Å²) in [5, 5.41) is 8.37. The van der Waals surface area contributed by atoms with E-state index in [-0.39, 0.29) is 18.5 Å². The van der Waals surface area contributed by atoms with Gasteiger partial charge in [0.1, 0.15) is 6.54 Å². The van der Waals surface area contributed by atoms with Crippen molar-refractivity contribution in [2.45, 2.75) is 6.42 Å². The van der Waals surface area contributed by atoms with Crippen LogP contribution in [0.3, 0.4) is 0 Å². The molecule has 1 aromatic heterocycles. The average molecular weight is 254 g/mol. The Hall–Kier alpha value is -1.63. The van der Waals surface area contributed by atoms with Crippen LogP contribution in [-0.4, -0.2) is 48.0 Å². The summed E-state index contributed by atoms with van der Waals surface area (Å²) in [6.07, 6.45) is 2.47. The summed E-state index contributed by atoms with van der Waals surface area (Å²) in [6, 6.07) is -0.184. The van der Waals surface area contributed by atoms with Crippen LogP contribution in [0.5, 0.6) is 0 Å². The molecule has 0 unspecified atom stereocenters. The number of carbonyl (C=O) groups is 2. The van der Waals surface area contributed by atoms with Crippen LogP contribution in [0.2, 0.25) is 0 Å². The number of piperazine rings is 1. The maximum absolute atomic E-state index is 11.7. The largest absolute Gasteiger partial charge is 0.353 e. The summed E-state index contributed by atoms with van der Waals surface area (Å²) in [7, 11) is 0. The Morgan fingerprint density at radius 1 is 1.65 bits per heavy atom. The second-order valence-corrected chi connectivity index (χ2v) is 4.66. The first-order chi connectivity index (χ1) is 8.25. The van der Waals surface area contributed by atoms with Crippen LogP contribution in [0.25, 0.3) is 0 Å². The zero-order valence-corrected chi connectivity index (χ0v) is 10.1. The minimum Gasteiger partial charge on any atom is -0.353 e. The maximum Gasteiger partial charge on any atom is 0.317 e. The summed E-state index contributed by atoms with van der Waals surface area (Å²) in [4.78, 5) is 28.4. The van der Waals surface area contributed by atoms with Gasteiger partial charge in [-0.1, -0.05) is 0 Å². The minimum absolute atomic E-state index is 0.105. The van der Waals surface area contributed by atoms with Crippen molar-refractivity contribution >= 4 is 23.3 Å². The Morgan fingerprint density at radius 2 is 2.53 bits per heavy atom. The first kappa shape index (κ1) is 11.8. The van der Waals surface area contributed by atoms with E-state index in [1.807, 2.05) is 5.38 Å². The lowest BCUT2D eigenvalue weighted by molar-refractivity contribution is -0.123. The molecule has 3 amide bonds. The molecule has 1 saturated heterocycles. The molecule has 2 N–H and O–H groups in total. The van der Waals surface area contributed by atoms with Crippen LogP contribution >= 0.6 is 11.3 Å². The fraction of sp³-hybridized carbons (Fsp3) is 0.500. The lowest BCUT2D eigenvalue weighted by Gasteiger charge is -2.26. The highest BCUT2D eigenvalue weighted by Gasteiger charge is 2.20. The standard InChI is InChI=1S/C10H14N4O2S/c15-8-7-14(5-3-11-8)10(16)13-2-1-9-12-4-6-17-9/h4,6H,1-3,5,7H2,(H,11,15)(H,13,16). The van der Waals surface area contributed by atoms with Gasteiger partial charge in [0.05, 0.1) is 5.01 Å². The third-order valence-corrected chi connectivity index (χ3v) is 3.26. The number of hydrogen-bond acceptors (Lipinski definition) is 4. The van der Waals surface area contributed by atoms with Gasteiger partial charge in [-0.15, -0.1) is 11.3 Å². The van der Waals surface area contributed by atoms with Crippen molar-refractivity contribution in [2.24, 2.45) is 0 Å². The van der Waals surface area contributed by atoms with E-state index >= 15 is 0 Å². The lowest BCUT2D eigenvalue weighted by atomic mass is 10.3. The van der Waals surface area contributed by atoms with Crippen LogP contribution in [-0.2, 0) is 11.2 Å². The van der Waals surface area contributed by atoms with Gasteiger partial charge in [-0.25, -0.2) is 9.78 Å². The van der Waals surface area contributed by atoms with E-state index in [2.05, 4.69) is 15.6 Å². The summed E-state index contributed by atoms with van der Waals surface area (Å²) >= 11 is 1.57. The van der Waals surface area contributed by atoms with E-state index < -0.39 is 0 Å². The molecule has 2 heterocycles. The summed E-state index contributed by atoms with van der Waals surface area (Å²) < 4.78 is 0. The number of carbonyl (C=O) groups excluding carboxylic acids is 2. The number of rotatable bonds is 3. The monoisotopic (exact) mass is 254 g/mol. The van der Waals surface area contributed by atoms with Gasteiger partial charge in [0.25, 0.3) is 0 Å². The Labute approximate surface area is 103 Å². The number of nitrogens with zero attached hydrogens (tertiary/aromatic N) is 2. The number of aromatic nitrogens is 1. The van der Waals surface area contributed by atoms with Crippen molar-refractivity contribution in [2.75, 3.05) is 26.2 Å². The van der Waals surface area contributed by atoms with Gasteiger partial charge < -0.3 is 15.5 Å². The molecular formula is C10H14N4O2S. The molecule has 1 aliphatic rings. The summed E-state index contributed by atoms with van der Waals surface area (Å²) in [6.45, 7) is 1.78. The summed E-state index contributed by atoms with van der Waals surface area (Å²) in [5.74, 6) is -0.105. The smallest absolute Gasteiger partial charge is 0.317 e. The number of thiazole rings is 1. The highest BCUT2D eigenvalue weighted by atomic mass is 32.1. The van der Waals surface area contributed by atoms with Crippen LogP contribution in [0.4, 0.5) is 4.79 Å². The number of amides is 3. The predicted molar refractivity (Wildman–Crippen MR) is 63.8 cm³/mol. The molecule has 6 nitrogen and oxygen atoms in total. The molecule has 0 spiro atoms. The number of urea groups is 1. The first-order valence-electron chi connectivity index (χ1n) is 5.43. The van der Waals surface area contributed by atoms with Gasteiger partial charge in [0.2, 0.25) is 5.91 Å². The highest BCUT2D eigenvalue weighted by Crippen LogP contribution is 2.03. The van der Waals surface area contributed by atoms with Crippen molar-refractivity contribution in [1.29, 1.82) is 0 Å². The Balaban J connectivity index is 1.71. The average Bonchev–Trinajstić information content (AvgIpc) is 2.82. The van der Waals surface area contributed by atoms with Crippen molar-refractivity contribution < 1.29 is 9.59 Å². The van der Waals surface area contributed by atoms with E-state index in [4.69, 9.17) is 0 Å². The minimum atomic E-state index is -0.184. The molecule has 0 aliphatic carbocycles. The quantitative estimate of drug-likeness (QED) is 0.786. The van der Waals surface area contributed by atoms with Crippen molar-refractivity contribution in [3.63, 3.8) is 0 Å². The Bertz CT molecular complexity index is 393. The van der Waals surface area contributed by atoms with E-state index in [1.54, 1.807) is 17.5 Å². The predicted octanol–water partition coefficient (Wildman–Crippen LogP) is -0.173. The molecule has 1 aliphatic heterocycles. The van der Waals surface area contributed by atoms with Crippen LogP contribution in [0.1, 0.15) is 5.01 Å². The second kappa shape index (κ2) is 5.62. The van der Waals surface area contributed by atoms with Gasteiger partial charge in [0, 0.05) is 37.6 Å². The van der Waals surface area contributed by atoms with Crippen molar-refractivity contribution in [1.82, 2.24) is 20.5 Å². The third kappa shape index (κ3) is 3.42. The maximum atomic E-state index is 11.7. The van der Waals surface area contributed by atoms with Crippen LogP contribution < -0.4 is 10.6 Å². The van der Waals surface area contributed by atoms with Gasteiger partial charge in [-0.3, -0.25) is 4.79 Å². The molecule has 2 rings (SSSR count). The Morgan fingerprint density at radius 3 is 3.24 bits per heavy atom. The molecule has 0 atom stereocenters. The molecule has 1 fully saturated rings. The summed E-state index contributed by atoms with van der Waals surface area (Å²) in [5.41, 5.74) is 0. The highest BCUT2D eigenvalue weighted by molar-refractivity contribution is 7.09. The molecule has 7 heteroatoms. The van der Waals surface area contributed by atoms with Gasteiger partial charge in [0.15, 0.2) is 0 Å². The van der Waals surface area contributed by atoms with Gasteiger partial charge >= 0.3 is 6.03 Å². The Kier molecular flexibility index (Phi) is 3.92. The SMILES string of the molecule is O=C1CN(C(=O)NCCc2nccs2)CCN1. The lowest BCUT2D eigenvalue weighted by Crippen LogP contribution is -2.53. The van der Waals surface area contributed by atoms with Crippen molar-refractivity contribution in [3.8, 4) is 0 Å². The van der Waals surface area contributed by atoms with Gasteiger partial charge in [-0.2, -0.15) is 0 Å². The molecule has 1 aromatic rings. The van der Waals surface area contributed by atoms with E-state index in [1.165, 1.54) is 4.90 Å². The van der Waals surface area contributed by atoms with Crippen LogP contribution in [0, 0.1) is 0 Å². The molecule has 0 aromatic carbocycles. The molecular weight excluding hydrogens is 240 g/mol. The molecule has 0 saturated carbocycles. The first-order valence-corrected chi connectivity index (χ1v) is 6.31. The van der Waals surface area contributed by atoms with Crippen LogP contribution in [0.15, 0.2) is 11.6 Å². The van der Waals surface area contributed by atoms with E-state index in [0.717, 1.165) is 11.4 Å². The van der Waals surface area contributed by atoms with E-state index in [9.17, 15) is 9.59 Å². The second-order valence-electron chi connectivity index (χ2n) is 3.68. The molecule has 0 bridgehead atoms. The van der Waals surface area contributed by atoms with Crippen molar-refractivity contribution in [3.05, 3.63) is 16.6 Å². The number of nitrogens with one attached hydrogen (secondary N) is 2. The fourth-order valence-electron chi connectivity index (χ4n) is 1.58. The molecule has 17 heavy (non-hydrogen) atoms.